The summed E-state index contributed by atoms with van der Waals surface area (Å²) in [5.41, 5.74) is 9.34. The highest BCUT2D eigenvalue weighted by molar-refractivity contribution is 6.09. The van der Waals surface area contributed by atoms with Gasteiger partial charge in [-0.15, -0.1) is 0 Å². The Labute approximate surface area is 188 Å². The van der Waals surface area contributed by atoms with Crippen molar-refractivity contribution in [2.45, 2.75) is 45.1 Å². The van der Waals surface area contributed by atoms with E-state index in [4.69, 9.17) is 15.0 Å². The number of aromatic nitrogens is 1. The van der Waals surface area contributed by atoms with Crippen LogP contribution in [0.15, 0.2) is 65.2 Å². The molecule has 0 bridgehead atoms. The van der Waals surface area contributed by atoms with E-state index in [2.05, 4.69) is 11.9 Å². The first-order chi connectivity index (χ1) is 15.3. The van der Waals surface area contributed by atoms with Gasteiger partial charge in [0.2, 0.25) is 0 Å². The molecule has 1 saturated heterocycles. The number of hydrogen-bond acceptors (Lipinski definition) is 6. The third-order valence-electron chi connectivity index (χ3n) is 5.93. The fourth-order valence-corrected chi connectivity index (χ4v) is 3.98. The number of rotatable bonds is 6. The lowest BCUT2D eigenvalue weighted by Gasteiger charge is -2.36. The second-order valence-electron chi connectivity index (χ2n) is 8.30. The SMILES string of the molecule is C=[N+](c1cc(C(C)c2cccc(C(=O)c3ccccc3)c2)no1)N1CC(C)OC(C)C1N. The molecule has 32 heavy (non-hydrogen) atoms. The minimum atomic E-state index is -0.338. The van der Waals surface area contributed by atoms with E-state index in [1.807, 2.05) is 86.4 Å². The van der Waals surface area contributed by atoms with Gasteiger partial charge in [-0.3, -0.25) is 9.32 Å². The first kappa shape index (κ1) is 21.9. The van der Waals surface area contributed by atoms with Crippen LogP contribution in [0.3, 0.4) is 0 Å². The predicted molar refractivity (Wildman–Crippen MR) is 122 cm³/mol. The number of ether oxygens (including phenoxy) is 1. The average Bonchev–Trinajstić information content (AvgIpc) is 3.31. The van der Waals surface area contributed by atoms with Crippen LogP contribution in [0, 0.1) is 0 Å². The van der Waals surface area contributed by atoms with E-state index in [9.17, 15) is 4.79 Å². The smallest absolute Gasteiger partial charge is 0.370 e. The summed E-state index contributed by atoms with van der Waals surface area (Å²) >= 11 is 0. The Morgan fingerprint density at radius 3 is 2.62 bits per heavy atom. The number of morpholine rings is 1. The van der Waals surface area contributed by atoms with Crippen molar-refractivity contribution < 1.29 is 18.7 Å². The van der Waals surface area contributed by atoms with Crippen molar-refractivity contribution >= 4 is 18.4 Å². The molecule has 7 nitrogen and oxygen atoms in total. The minimum Gasteiger partial charge on any atom is -0.370 e. The van der Waals surface area contributed by atoms with E-state index in [-0.39, 0.29) is 30.1 Å². The Morgan fingerprint density at radius 1 is 1.16 bits per heavy atom. The lowest BCUT2D eigenvalue weighted by molar-refractivity contribution is -0.646. The highest BCUT2D eigenvalue weighted by atomic mass is 16.5. The molecule has 0 aliphatic carbocycles. The molecule has 2 aromatic carbocycles. The number of benzene rings is 2. The predicted octanol–water partition coefficient (Wildman–Crippen LogP) is 3.71. The third-order valence-corrected chi connectivity index (χ3v) is 5.93. The van der Waals surface area contributed by atoms with Gasteiger partial charge in [-0.05, 0) is 25.5 Å². The van der Waals surface area contributed by atoms with Crippen molar-refractivity contribution in [3.05, 3.63) is 83.0 Å². The number of hydrogen-bond donors (Lipinski definition) is 1. The first-order valence-electron chi connectivity index (χ1n) is 10.8. The number of nitrogens with zero attached hydrogens (tertiary/aromatic N) is 3. The van der Waals surface area contributed by atoms with Crippen LogP contribution in [-0.2, 0) is 4.74 Å². The summed E-state index contributed by atoms with van der Waals surface area (Å²) in [5, 5.41) is 6.19. The van der Waals surface area contributed by atoms with Crippen molar-refractivity contribution in [3.63, 3.8) is 0 Å². The van der Waals surface area contributed by atoms with Crippen molar-refractivity contribution in [3.8, 4) is 0 Å². The van der Waals surface area contributed by atoms with Crippen molar-refractivity contribution in [2.75, 3.05) is 6.54 Å². The van der Waals surface area contributed by atoms with Gasteiger partial charge in [0.05, 0.1) is 24.0 Å². The topological polar surface area (TPSA) is 84.6 Å². The molecule has 2 N–H and O–H groups in total. The maximum Gasteiger partial charge on any atom is 0.424 e. The molecular formula is C25H29N4O3+. The Kier molecular flexibility index (Phi) is 6.21. The molecule has 166 valence electrons. The zero-order valence-electron chi connectivity index (χ0n) is 18.6. The molecule has 0 saturated carbocycles. The summed E-state index contributed by atoms with van der Waals surface area (Å²) in [5.74, 6) is 0.426. The normalized spacial score (nSPS) is 21.9. The number of nitrogens with two attached hydrogens (primary N) is 1. The molecule has 3 aromatic rings. The Balaban J connectivity index is 1.53. The van der Waals surface area contributed by atoms with Gasteiger partial charge in [0.25, 0.3) is 0 Å². The summed E-state index contributed by atoms with van der Waals surface area (Å²) in [6, 6.07) is 18.8. The van der Waals surface area contributed by atoms with Gasteiger partial charge in [-0.2, -0.15) is 5.01 Å². The van der Waals surface area contributed by atoms with Crippen LogP contribution in [0.4, 0.5) is 5.88 Å². The first-order valence-corrected chi connectivity index (χ1v) is 10.8. The zero-order chi connectivity index (χ0) is 22.8. The summed E-state index contributed by atoms with van der Waals surface area (Å²) in [4.78, 5) is 12.8. The number of carbonyl (C=O) groups excluding carboxylic acids is 1. The number of carbonyl (C=O) groups is 1. The molecule has 2 heterocycles. The fourth-order valence-electron chi connectivity index (χ4n) is 3.98. The van der Waals surface area contributed by atoms with Crippen LogP contribution in [0.1, 0.15) is 53.9 Å². The van der Waals surface area contributed by atoms with Crippen molar-refractivity contribution in [2.24, 2.45) is 5.73 Å². The van der Waals surface area contributed by atoms with Crippen LogP contribution in [-0.4, -0.2) is 52.3 Å². The Hall–Kier alpha value is -3.29. The van der Waals surface area contributed by atoms with E-state index in [0.717, 1.165) is 11.3 Å². The highest BCUT2D eigenvalue weighted by Crippen LogP contribution is 2.28. The summed E-state index contributed by atoms with van der Waals surface area (Å²) < 4.78 is 13.0. The molecular weight excluding hydrogens is 404 g/mol. The van der Waals surface area contributed by atoms with Gasteiger partial charge < -0.3 is 10.5 Å². The Bertz CT molecular complexity index is 1110. The molecule has 1 fully saturated rings. The van der Waals surface area contributed by atoms with E-state index >= 15 is 0 Å². The quantitative estimate of drug-likeness (QED) is 0.362. The summed E-state index contributed by atoms with van der Waals surface area (Å²) in [6.45, 7) is 10.7. The van der Waals surface area contributed by atoms with Gasteiger partial charge in [0.15, 0.2) is 18.7 Å². The standard InChI is InChI=1S/C25H29N4O3/c1-16-15-29(25(26)18(3)31-16)28(4)23-14-22(27-32-23)17(2)20-11-8-12-21(13-20)24(30)19-9-6-5-7-10-19/h5-14,16-18,25H,4,15,26H2,1-3H3/q+1. The summed E-state index contributed by atoms with van der Waals surface area (Å²) in [6.07, 6.45) is -0.440. The van der Waals surface area contributed by atoms with E-state index in [1.165, 1.54) is 0 Å². The van der Waals surface area contributed by atoms with Gasteiger partial charge in [0.1, 0.15) is 6.54 Å². The molecule has 7 heteroatoms. The van der Waals surface area contributed by atoms with Crippen LogP contribution in [0.5, 0.6) is 0 Å². The Morgan fingerprint density at radius 2 is 1.88 bits per heavy atom. The third kappa shape index (κ3) is 4.35. The average molecular weight is 434 g/mol. The number of hydrazone groups is 1. The van der Waals surface area contributed by atoms with Crippen molar-refractivity contribution in [1.29, 1.82) is 0 Å². The lowest BCUT2D eigenvalue weighted by Crippen LogP contribution is -2.59. The van der Waals surface area contributed by atoms with Crippen molar-refractivity contribution in [1.82, 2.24) is 10.2 Å². The van der Waals surface area contributed by atoms with Crippen LogP contribution < -0.4 is 5.73 Å². The van der Waals surface area contributed by atoms with E-state index in [0.29, 0.717) is 23.6 Å². The molecule has 0 radical (unpaired) electrons. The van der Waals surface area contributed by atoms with Crippen LogP contribution in [0.2, 0.25) is 0 Å². The molecule has 1 aliphatic heterocycles. The molecule has 0 amide bonds. The maximum atomic E-state index is 12.8. The number of ketones is 1. The van der Waals surface area contributed by atoms with Crippen LogP contribution >= 0.6 is 0 Å². The largest absolute Gasteiger partial charge is 0.424 e. The van der Waals surface area contributed by atoms with Gasteiger partial charge in [-0.25, -0.2) is 0 Å². The second-order valence-corrected chi connectivity index (χ2v) is 8.30. The second kappa shape index (κ2) is 9.06. The van der Waals surface area contributed by atoms with E-state index < -0.39 is 0 Å². The molecule has 4 unspecified atom stereocenters. The maximum absolute atomic E-state index is 12.8. The van der Waals surface area contributed by atoms with Gasteiger partial charge in [-0.1, -0.05) is 65.3 Å². The zero-order valence-corrected chi connectivity index (χ0v) is 18.6. The molecule has 4 rings (SSSR count). The molecule has 1 aromatic heterocycles. The summed E-state index contributed by atoms with van der Waals surface area (Å²) in [7, 11) is 0. The fraction of sp³-hybridized carbons (Fsp3) is 0.320. The number of hydrazine groups is 1. The molecule has 4 atom stereocenters. The van der Waals surface area contributed by atoms with Gasteiger partial charge >= 0.3 is 5.88 Å². The van der Waals surface area contributed by atoms with Crippen LogP contribution in [0.25, 0.3) is 0 Å². The monoisotopic (exact) mass is 433 g/mol. The lowest BCUT2D eigenvalue weighted by atomic mass is 9.94. The van der Waals surface area contributed by atoms with E-state index in [1.54, 1.807) is 4.68 Å². The minimum absolute atomic E-state index is 0.00558. The highest BCUT2D eigenvalue weighted by Gasteiger charge is 2.37. The van der Waals surface area contributed by atoms with Gasteiger partial charge in [0, 0.05) is 17.0 Å². The molecule has 0 spiro atoms. The molecule has 1 aliphatic rings.